The monoisotopic (exact) mass is 353 g/mol. The maximum Gasteiger partial charge on any atom is 0.159 e. The van der Waals surface area contributed by atoms with Crippen LogP contribution in [0.5, 0.6) is 0 Å². The molecule has 2 aromatic rings. The van der Waals surface area contributed by atoms with E-state index in [1.54, 1.807) is 12.3 Å². The molecule has 0 N–H and O–H groups in total. The Labute approximate surface area is 143 Å². The minimum atomic E-state index is 0.200. The summed E-state index contributed by atoms with van der Waals surface area (Å²) in [6.45, 7) is 0. The molecule has 0 amide bonds. The lowest BCUT2D eigenvalue weighted by molar-refractivity contribution is 1.10. The molecule has 2 rings (SSSR count). The van der Waals surface area contributed by atoms with E-state index in [2.05, 4.69) is 9.97 Å². The van der Waals surface area contributed by atoms with Crippen molar-refractivity contribution in [2.45, 2.75) is 0 Å². The van der Waals surface area contributed by atoms with Gasteiger partial charge in [0.2, 0.25) is 0 Å². The largest absolute Gasteiger partial charge is 0.376 e. The van der Waals surface area contributed by atoms with Gasteiger partial charge in [-0.05, 0) is 12.1 Å². The van der Waals surface area contributed by atoms with Gasteiger partial charge in [-0.25, -0.2) is 9.97 Å². The van der Waals surface area contributed by atoms with Crippen LogP contribution in [0.2, 0.25) is 15.1 Å². The van der Waals surface area contributed by atoms with Crippen LogP contribution in [0.25, 0.3) is 0 Å². The van der Waals surface area contributed by atoms with Crippen molar-refractivity contribution < 1.29 is 0 Å². The molecule has 0 saturated heterocycles. The average Bonchev–Trinajstić information content (AvgIpc) is 2.48. The minimum absolute atomic E-state index is 0.200. The first-order chi connectivity index (χ1) is 10.4. The van der Waals surface area contributed by atoms with Gasteiger partial charge in [-0.3, -0.25) is 0 Å². The quantitative estimate of drug-likeness (QED) is 0.775. The van der Waals surface area contributed by atoms with Gasteiger partial charge in [0.15, 0.2) is 11.4 Å². The molecule has 2 aromatic heterocycles. The summed E-state index contributed by atoms with van der Waals surface area (Å²) in [5, 5.41) is 18.0. The van der Waals surface area contributed by atoms with Crippen molar-refractivity contribution in [3.05, 3.63) is 51.0 Å². The smallest absolute Gasteiger partial charge is 0.159 e. The zero-order chi connectivity index (χ0) is 16.7. The molecule has 22 heavy (non-hydrogen) atoms. The van der Waals surface area contributed by atoms with Crippen molar-refractivity contribution in [2.24, 2.45) is 0 Å². The lowest BCUT2D eigenvalue weighted by Gasteiger charge is -2.11. The minimum Gasteiger partial charge on any atom is -0.376 e. The van der Waals surface area contributed by atoms with Crippen LogP contribution in [0.1, 0.15) is 11.4 Å². The van der Waals surface area contributed by atoms with Crippen LogP contribution in [-0.4, -0.2) is 24.1 Å². The van der Waals surface area contributed by atoms with E-state index in [-0.39, 0.29) is 16.4 Å². The second kappa shape index (κ2) is 8.41. The van der Waals surface area contributed by atoms with Gasteiger partial charge >= 0.3 is 0 Å². The fourth-order valence-electron chi connectivity index (χ4n) is 1.25. The highest BCUT2D eigenvalue weighted by Gasteiger charge is 2.02. The van der Waals surface area contributed by atoms with Crippen molar-refractivity contribution in [1.29, 1.82) is 10.5 Å². The molecule has 0 aliphatic heterocycles. The predicted molar refractivity (Wildman–Crippen MR) is 87.3 cm³/mol. The number of halogens is 3. The van der Waals surface area contributed by atoms with Crippen LogP contribution in [0.4, 0.5) is 5.69 Å². The lowest BCUT2D eigenvalue weighted by atomic mass is 10.3. The van der Waals surface area contributed by atoms with Crippen LogP contribution in [0, 0.1) is 22.7 Å². The molecule has 0 spiro atoms. The molecule has 0 bridgehead atoms. The van der Waals surface area contributed by atoms with Crippen molar-refractivity contribution in [2.75, 3.05) is 19.0 Å². The molecule has 0 aliphatic rings. The third-order valence-electron chi connectivity index (χ3n) is 2.36. The molecular weight excluding hydrogens is 345 g/mol. The molecule has 2 heterocycles. The number of nitriles is 2. The first-order valence-electron chi connectivity index (χ1n) is 5.83. The van der Waals surface area contributed by atoms with Crippen molar-refractivity contribution >= 4 is 40.5 Å². The molecule has 0 atom stereocenters. The molecule has 0 aromatic carbocycles. The first kappa shape index (κ1) is 18.0. The Balaban J connectivity index is 0.000000224. The third kappa shape index (κ3) is 5.05. The number of rotatable bonds is 1. The summed E-state index contributed by atoms with van der Waals surface area (Å²) >= 11 is 16.8. The fraction of sp³-hybridized carbons (Fsp3) is 0.143. The summed E-state index contributed by atoms with van der Waals surface area (Å²) in [5.41, 5.74) is 1.35. The van der Waals surface area contributed by atoms with Crippen LogP contribution >= 0.6 is 34.8 Å². The van der Waals surface area contributed by atoms with E-state index in [9.17, 15) is 0 Å². The summed E-state index contributed by atoms with van der Waals surface area (Å²) in [6.07, 6.45) is 3.00. The van der Waals surface area contributed by atoms with Gasteiger partial charge in [-0.1, -0.05) is 34.8 Å². The summed E-state index contributed by atoms with van der Waals surface area (Å²) in [6, 6.07) is 6.92. The van der Waals surface area contributed by atoms with Gasteiger partial charge in [0.25, 0.3) is 0 Å². The molecule has 0 unspecified atom stereocenters. The van der Waals surface area contributed by atoms with E-state index < -0.39 is 0 Å². The second-order valence-electron chi connectivity index (χ2n) is 4.13. The first-order valence-corrected chi connectivity index (χ1v) is 6.96. The van der Waals surface area contributed by atoms with Crippen LogP contribution < -0.4 is 4.90 Å². The van der Waals surface area contributed by atoms with E-state index >= 15 is 0 Å². The van der Waals surface area contributed by atoms with Crippen LogP contribution in [0.15, 0.2) is 24.5 Å². The zero-order valence-electron chi connectivity index (χ0n) is 11.7. The van der Waals surface area contributed by atoms with Gasteiger partial charge in [0, 0.05) is 20.3 Å². The van der Waals surface area contributed by atoms with Gasteiger partial charge in [0.05, 0.1) is 27.0 Å². The molecule has 5 nitrogen and oxygen atoms in total. The van der Waals surface area contributed by atoms with E-state index in [0.29, 0.717) is 10.0 Å². The molecule has 0 saturated carbocycles. The standard InChI is InChI=1S/C8H8ClN3.C6H2Cl2N2/c1-12(2)6-3-7(9)8(4-10)11-5-6;7-4-1-5(8)6(2-9)10-3-4/h3,5H,1-2H3;1,3H. The van der Waals surface area contributed by atoms with Crippen molar-refractivity contribution in [1.82, 2.24) is 9.97 Å². The maximum atomic E-state index is 8.54. The van der Waals surface area contributed by atoms with Crippen LogP contribution in [0.3, 0.4) is 0 Å². The Hall–Kier alpha value is -2.05. The molecule has 8 heteroatoms. The molecule has 112 valence electrons. The normalized spacial score (nSPS) is 9.05. The topological polar surface area (TPSA) is 76.6 Å². The number of nitrogens with zero attached hydrogens (tertiary/aromatic N) is 5. The Morgan fingerprint density at radius 1 is 0.909 bits per heavy atom. The summed E-state index contributed by atoms with van der Waals surface area (Å²) in [7, 11) is 3.78. The summed E-state index contributed by atoms with van der Waals surface area (Å²) in [4.78, 5) is 9.43. The maximum absolute atomic E-state index is 8.54. The van der Waals surface area contributed by atoms with Crippen molar-refractivity contribution in [3.8, 4) is 12.1 Å². The highest BCUT2D eigenvalue weighted by molar-refractivity contribution is 6.35. The highest BCUT2D eigenvalue weighted by Crippen LogP contribution is 2.19. The number of pyridine rings is 2. The van der Waals surface area contributed by atoms with Crippen LogP contribution in [-0.2, 0) is 0 Å². The number of aromatic nitrogens is 2. The summed E-state index contributed by atoms with van der Waals surface area (Å²) < 4.78 is 0. The van der Waals surface area contributed by atoms with Gasteiger partial charge in [0.1, 0.15) is 12.1 Å². The summed E-state index contributed by atoms with van der Waals surface area (Å²) in [5.74, 6) is 0. The lowest BCUT2D eigenvalue weighted by Crippen LogP contribution is -2.09. The molecule has 0 aliphatic carbocycles. The van der Waals surface area contributed by atoms with E-state index in [4.69, 9.17) is 45.3 Å². The molecule has 0 fully saturated rings. The van der Waals surface area contributed by atoms with Gasteiger partial charge in [-0.2, -0.15) is 10.5 Å². The Morgan fingerprint density at radius 2 is 1.41 bits per heavy atom. The van der Waals surface area contributed by atoms with Gasteiger partial charge in [-0.15, -0.1) is 0 Å². The van der Waals surface area contributed by atoms with E-state index in [1.165, 1.54) is 12.3 Å². The SMILES string of the molecule is CN(C)c1cnc(C#N)c(Cl)c1.N#Cc1ncc(Cl)cc1Cl. The highest BCUT2D eigenvalue weighted by atomic mass is 35.5. The second-order valence-corrected chi connectivity index (χ2v) is 5.38. The third-order valence-corrected chi connectivity index (χ3v) is 3.15. The Bertz CT molecular complexity index is 747. The Morgan fingerprint density at radius 3 is 1.82 bits per heavy atom. The number of hydrogen-bond acceptors (Lipinski definition) is 5. The van der Waals surface area contributed by atoms with E-state index in [1.807, 2.05) is 31.1 Å². The fourth-order valence-corrected chi connectivity index (χ4v) is 1.88. The number of hydrogen-bond donors (Lipinski definition) is 0. The molecular formula is C14H10Cl3N5. The number of anilines is 1. The van der Waals surface area contributed by atoms with Gasteiger partial charge < -0.3 is 4.90 Å². The average molecular weight is 355 g/mol. The Kier molecular flexibility index (Phi) is 6.88. The predicted octanol–water partition coefficient (Wildman–Crippen LogP) is 3.93. The van der Waals surface area contributed by atoms with E-state index in [0.717, 1.165) is 5.69 Å². The van der Waals surface area contributed by atoms with Crippen molar-refractivity contribution in [3.63, 3.8) is 0 Å². The zero-order valence-corrected chi connectivity index (χ0v) is 13.9. The molecule has 0 radical (unpaired) electrons.